The summed E-state index contributed by atoms with van der Waals surface area (Å²) in [5, 5.41) is 20.5. The van der Waals surface area contributed by atoms with Crippen LogP contribution >= 0.6 is 0 Å². The third-order valence-corrected chi connectivity index (χ3v) is 9.03. The molecule has 1 amide bonds. The molecule has 0 saturated carbocycles. The van der Waals surface area contributed by atoms with Gasteiger partial charge in [-0.1, -0.05) is 20.8 Å². The van der Waals surface area contributed by atoms with Gasteiger partial charge in [-0.05, 0) is 24.2 Å². The van der Waals surface area contributed by atoms with Gasteiger partial charge < -0.3 is 20.0 Å². The highest BCUT2D eigenvalue weighted by molar-refractivity contribution is 6.74. The summed E-state index contributed by atoms with van der Waals surface area (Å²) < 4.78 is 32.9. The molecule has 0 radical (unpaired) electrons. The molecule has 0 aromatic heterocycles. The number of Topliss-reactive ketones (excluding diaryl/α,β-unsaturated/α-hetero) is 1. The Morgan fingerprint density at radius 3 is 2.35 bits per heavy atom. The Bertz CT molecular complexity index is 688. The van der Waals surface area contributed by atoms with E-state index >= 15 is 0 Å². The van der Waals surface area contributed by atoms with Gasteiger partial charge in [-0.3, -0.25) is 4.79 Å². The Kier molecular flexibility index (Phi) is 6.89. The number of halogens is 2. The van der Waals surface area contributed by atoms with Crippen molar-refractivity contribution >= 4 is 20.2 Å². The van der Waals surface area contributed by atoms with Crippen LogP contribution in [0, 0.1) is 11.6 Å². The Labute approximate surface area is 152 Å². The molecule has 0 fully saturated rings. The third kappa shape index (κ3) is 5.77. The molecule has 0 saturated heterocycles. The molecule has 0 bridgehead atoms. The molecule has 1 atom stereocenters. The first-order chi connectivity index (χ1) is 11.7. The predicted octanol–water partition coefficient (Wildman–Crippen LogP) is 3.90. The van der Waals surface area contributed by atoms with Crippen LogP contribution in [-0.4, -0.2) is 43.1 Å². The van der Waals surface area contributed by atoms with E-state index in [1.54, 1.807) is 0 Å². The van der Waals surface area contributed by atoms with Crippen molar-refractivity contribution in [2.75, 3.05) is 6.54 Å². The molecule has 26 heavy (non-hydrogen) atoms. The zero-order valence-electron chi connectivity index (χ0n) is 15.5. The molecule has 0 aliphatic heterocycles. The number of carboxylic acid groups (broad SMARTS) is 1. The number of amides is 1. The molecule has 146 valence electrons. The molecular weight excluding hydrogens is 364 g/mol. The number of carbonyl (C=O) groups is 2. The molecule has 1 unspecified atom stereocenters. The summed E-state index contributed by atoms with van der Waals surface area (Å²) in [5.74, 6) is -3.90. The van der Waals surface area contributed by atoms with E-state index in [2.05, 4.69) is 5.32 Å². The number of hydrogen-bond donors (Lipinski definition) is 3. The average molecular weight is 389 g/mol. The second-order valence-corrected chi connectivity index (χ2v) is 12.4. The minimum Gasteiger partial charge on any atom is -0.504 e. The lowest BCUT2D eigenvalue weighted by Gasteiger charge is -2.39. The summed E-state index contributed by atoms with van der Waals surface area (Å²) in [5.41, 5.74) is -0.498. The fourth-order valence-corrected chi connectivity index (χ4v) is 3.40. The van der Waals surface area contributed by atoms with Crippen LogP contribution in [0.15, 0.2) is 12.1 Å². The maximum atomic E-state index is 13.5. The number of hydrogen-bond acceptors (Lipinski definition) is 4. The maximum absolute atomic E-state index is 13.5. The van der Waals surface area contributed by atoms with E-state index < -0.39 is 49.2 Å². The largest absolute Gasteiger partial charge is 0.504 e. The van der Waals surface area contributed by atoms with E-state index in [4.69, 9.17) is 9.53 Å². The molecule has 9 heteroatoms. The van der Waals surface area contributed by atoms with E-state index in [1.807, 2.05) is 33.9 Å². The van der Waals surface area contributed by atoms with Gasteiger partial charge in [0.2, 0.25) is 0 Å². The van der Waals surface area contributed by atoms with Gasteiger partial charge >= 0.3 is 6.09 Å². The van der Waals surface area contributed by atoms with Crippen LogP contribution in [0.2, 0.25) is 18.1 Å². The Morgan fingerprint density at radius 2 is 1.85 bits per heavy atom. The highest BCUT2D eigenvalue weighted by atomic mass is 28.4. The van der Waals surface area contributed by atoms with Crippen LogP contribution in [0.5, 0.6) is 5.75 Å². The number of phenolic OH excluding ortho intramolecular Hbond substituents is 1. The summed E-state index contributed by atoms with van der Waals surface area (Å²) in [7, 11) is -2.34. The van der Waals surface area contributed by atoms with Crippen LogP contribution in [0.25, 0.3) is 0 Å². The highest BCUT2D eigenvalue weighted by Crippen LogP contribution is 2.37. The SMILES string of the molecule is CC(C)(C)[Si](C)(C)OC(CNC(=O)O)CC(=O)c1cc(F)cc(F)c1O. The fraction of sp³-hybridized carbons (Fsp3) is 0.529. The van der Waals surface area contributed by atoms with Crippen molar-refractivity contribution in [2.24, 2.45) is 0 Å². The summed E-state index contributed by atoms with van der Waals surface area (Å²) in [6.07, 6.45) is -2.44. The van der Waals surface area contributed by atoms with Crippen LogP contribution in [0.3, 0.4) is 0 Å². The molecular formula is C17H25F2NO5Si. The number of rotatable bonds is 7. The number of phenols is 1. The fourth-order valence-electron chi connectivity index (χ4n) is 2.05. The number of aromatic hydroxyl groups is 1. The topological polar surface area (TPSA) is 95.9 Å². The van der Waals surface area contributed by atoms with Gasteiger partial charge in [-0.2, -0.15) is 0 Å². The Balaban J connectivity index is 3.05. The second-order valence-electron chi connectivity index (χ2n) is 7.60. The number of ketones is 1. The van der Waals surface area contributed by atoms with Gasteiger partial charge in [0.1, 0.15) is 5.82 Å². The highest BCUT2D eigenvalue weighted by Gasteiger charge is 2.39. The van der Waals surface area contributed by atoms with Gasteiger partial charge in [0.05, 0.1) is 11.7 Å². The van der Waals surface area contributed by atoms with Gasteiger partial charge in [0.15, 0.2) is 25.7 Å². The van der Waals surface area contributed by atoms with Gasteiger partial charge in [-0.25, -0.2) is 13.6 Å². The molecule has 0 spiro atoms. The van der Waals surface area contributed by atoms with Crippen molar-refractivity contribution in [3.05, 3.63) is 29.3 Å². The lowest BCUT2D eigenvalue weighted by molar-refractivity contribution is 0.0883. The molecule has 0 aliphatic rings. The smallest absolute Gasteiger partial charge is 0.404 e. The third-order valence-electron chi connectivity index (χ3n) is 4.49. The van der Waals surface area contributed by atoms with Gasteiger partial charge in [0, 0.05) is 19.0 Å². The minimum atomic E-state index is -2.34. The first kappa shape index (κ1) is 22.0. The van der Waals surface area contributed by atoms with Gasteiger partial charge in [-0.15, -0.1) is 0 Å². The predicted molar refractivity (Wildman–Crippen MR) is 95.1 cm³/mol. The molecule has 1 rings (SSSR count). The van der Waals surface area contributed by atoms with Crippen LogP contribution in [0.4, 0.5) is 13.6 Å². The zero-order valence-corrected chi connectivity index (χ0v) is 16.5. The van der Waals surface area contributed by atoms with Crippen molar-refractivity contribution < 1.29 is 33.0 Å². The molecule has 3 N–H and O–H groups in total. The van der Waals surface area contributed by atoms with E-state index in [-0.39, 0.29) is 18.0 Å². The summed E-state index contributed by atoms with van der Waals surface area (Å²) in [6, 6.07) is 1.22. The van der Waals surface area contributed by atoms with Crippen molar-refractivity contribution in [3.8, 4) is 5.75 Å². The van der Waals surface area contributed by atoms with E-state index in [9.17, 15) is 23.5 Å². The standard InChI is InChI=1S/C17H25F2NO5Si/c1-17(2,3)26(4,5)25-11(9-20-16(23)24)8-14(21)12-6-10(18)7-13(19)15(12)22/h6-7,11,20,22H,8-9H2,1-5H3,(H,23,24). The van der Waals surface area contributed by atoms with Crippen molar-refractivity contribution in [2.45, 2.75) is 51.4 Å². The first-order valence-corrected chi connectivity index (χ1v) is 11.0. The second kappa shape index (κ2) is 8.13. The summed E-state index contributed by atoms with van der Waals surface area (Å²) in [6.45, 7) is 9.66. The molecule has 0 aliphatic carbocycles. The lowest BCUT2D eigenvalue weighted by Crippen LogP contribution is -2.47. The Morgan fingerprint density at radius 1 is 1.27 bits per heavy atom. The maximum Gasteiger partial charge on any atom is 0.404 e. The Hall–Kier alpha value is -2.00. The van der Waals surface area contributed by atoms with E-state index in [0.717, 1.165) is 6.07 Å². The minimum absolute atomic E-state index is 0.161. The number of nitrogens with one attached hydrogen (secondary N) is 1. The van der Waals surface area contributed by atoms with E-state index in [0.29, 0.717) is 6.07 Å². The first-order valence-electron chi connectivity index (χ1n) is 8.10. The van der Waals surface area contributed by atoms with Crippen molar-refractivity contribution in [1.82, 2.24) is 5.32 Å². The quantitative estimate of drug-likeness (QED) is 0.485. The van der Waals surface area contributed by atoms with Crippen LogP contribution in [-0.2, 0) is 4.43 Å². The summed E-state index contributed by atoms with van der Waals surface area (Å²) >= 11 is 0. The lowest BCUT2D eigenvalue weighted by atomic mass is 10.0. The van der Waals surface area contributed by atoms with Crippen molar-refractivity contribution in [1.29, 1.82) is 0 Å². The summed E-state index contributed by atoms with van der Waals surface area (Å²) in [4.78, 5) is 23.2. The van der Waals surface area contributed by atoms with Gasteiger partial charge in [0.25, 0.3) is 0 Å². The number of carbonyl (C=O) groups excluding carboxylic acids is 1. The molecule has 6 nitrogen and oxygen atoms in total. The molecule has 1 aromatic rings. The van der Waals surface area contributed by atoms with E-state index in [1.165, 1.54) is 0 Å². The van der Waals surface area contributed by atoms with Crippen LogP contribution < -0.4 is 5.32 Å². The number of benzene rings is 1. The molecule has 1 aromatic carbocycles. The molecule has 0 heterocycles. The average Bonchev–Trinajstić information content (AvgIpc) is 2.46. The zero-order chi connectivity index (χ0) is 20.3. The van der Waals surface area contributed by atoms with Crippen molar-refractivity contribution in [3.63, 3.8) is 0 Å². The monoisotopic (exact) mass is 389 g/mol. The van der Waals surface area contributed by atoms with Crippen LogP contribution in [0.1, 0.15) is 37.6 Å². The normalized spacial score (nSPS) is 13.3.